The molecular formula is C21H25N3O3S2. The van der Waals surface area contributed by atoms with Crippen molar-refractivity contribution in [1.82, 2.24) is 14.9 Å². The Morgan fingerprint density at radius 2 is 2.10 bits per heavy atom. The molecule has 8 heteroatoms. The van der Waals surface area contributed by atoms with Crippen molar-refractivity contribution in [3.8, 4) is 11.1 Å². The van der Waals surface area contributed by atoms with Gasteiger partial charge in [0.25, 0.3) is 5.56 Å². The summed E-state index contributed by atoms with van der Waals surface area (Å²) in [6.07, 6.45) is 0.770. The van der Waals surface area contributed by atoms with E-state index in [-0.39, 0.29) is 17.2 Å². The second-order valence-corrected chi connectivity index (χ2v) is 8.67. The molecule has 0 unspecified atom stereocenters. The van der Waals surface area contributed by atoms with Crippen LogP contribution in [0.4, 0.5) is 0 Å². The molecule has 2 aromatic heterocycles. The molecule has 0 atom stereocenters. The van der Waals surface area contributed by atoms with Gasteiger partial charge in [0, 0.05) is 38.3 Å². The monoisotopic (exact) mass is 431 g/mol. The van der Waals surface area contributed by atoms with Gasteiger partial charge in [0.05, 0.1) is 11.1 Å². The average Bonchev–Trinajstić information content (AvgIpc) is 3.13. The molecule has 0 radical (unpaired) electrons. The number of hydrogen-bond donors (Lipinski definition) is 1. The van der Waals surface area contributed by atoms with Gasteiger partial charge in [0.15, 0.2) is 5.16 Å². The van der Waals surface area contributed by atoms with Crippen LogP contribution in [0.1, 0.15) is 17.5 Å². The fourth-order valence-electron chi connectivity index (χ4n) is 2.93. The van der Waals surface area contributed by atoms with Crippen LogP contribution in [0.3, 0.4) is 0 Å². The zero-order chi connectivity index (χ0) is 21.0. The lowest BCUT2D eigenvalue weighted by molar-refractivity contribution is -0.118. The van der Waals surface area contributed by atoms with Gasteiger partial charge >= 0.3 is 0 Å². The van der Waals surface area contributed by atoms with Gasteiger partial charge in [-0.25, -0.2) is 4.98 Å². The maximum Gasteiger partial charge on any atom is 0.263 e. The first-order valence-electron chi connectivity index (χ1n) is 9.36. The average molecular weight is 432 g/mol. The van der Waals surface area contributed by atoms with Crippen LogP contribution in [-0.4, -0.2) is 41.5 Å². The van der Waals surface area contributed by atoms with Crippen LogP contribution in [0, 0.1) is 13.8 Å². The second kappa shape index (κ2) is 9.56. The van der Waals surface area contributed by atoms with Crippen LogP contribution in [-0.2, 0) is 16.6 Å². The highest BCUT2D eigenvalue weighted by Gasteiger charge is 2.16. The zero-order valence-corrected chi connectivity index (χ0v) is 18.7. The number of ether oxygens (including phenoxy) is 1. The lowest BCUT2D eigenvalue weighted by Gasteiger charge is -2.09. The van der Waals surface area contributed by atoms with E-state index in [9.17, 15) is 9.59 Å². The van der Waals surface area contributed by atoms with Gasteiger partial charge in [0.2, 0.25) is 5.91 Å². The summed E-state index contributed by atoms with van der Waals surface area (Å²) >= 11 is 2.73. The number of nitrogens with one attached hydrogen (secondary N) is 1. The first kappa shape index (κ1) is 21.5. The summed E-state index contributed by atoms with van der Waals surface area (Å²) in [6, 6.07) is 6.22. The fraction of sp³-hybridized carbons (Fsp3) is 0.381. The fourth-order valence-corrected chi connectivity index (χ4v) is 4.72. The van der Waals surface area contributed by atoms with Crippen LogP contribution in [0.15, 0.2) is 33.5 Å². The molecule has 0 spiro atoms. The summed E-state index contributed by atoms with van der Waals surface area (Å²) in [7, 11) is 3.34. The molecule has 154 valence electrons. The number of fused-ring (bicyclic) bond motifs is 1. The Hall–Kier alpha value is -2.16. The number of nitrogens with zero attached hydrogens (tertiary/aromatic N) is 2. The van der Waals surface area contributed by atoms with Gasteiger partial charge in [-0.1, -0.05) is 30.0 Å². The maximum atomic E-state index is 13.0. The Kier molecular flexibility index (Phi) is 7.10. The lowest BCUT2D eigenvalue weighted by Crippen LogP contribution is -2.27. The minimum absolute atomic E-state index is 0.0811. The van der Waals surface area contributed by atoms with E-state index in [2.05, 4.69) is 36.3 Å². The normalized spacial score (nSPS) is 11.2. The number of carbonyl (C=O) groups is 1. The SMILES string of the molecule is COCCCNC(=O)CSc1nc2scc(-c3ccc(C)c(C)c3)c2c(=O)n1C. The molecule has 1 aromatic carbocycles. The van der Waals surface area contributed by atoms with E-state index >= 15 is 0 Å². The maximum absolute atomic E-state index is 13.0. The number of thioether (sulfide) groups is 1. The van der Waals surface area contributed by atoms with Crippen molar-refractivity contribution in [2.24, 2.45) is 7.05 Å². The zero-order valence-electron chi connectivity index (χ0n) is 17.1. The van der Waals surface area contributed by atoms with Crippen molar-refractivity contribution in [2.45, 2.75) is 25.4 Å². The molecule has 3 aromatic rings. The highest BCUT2D eigenvalue weighted by molar-refractivity contribution is 7.99. The molecule has 0 aliphatic heterocycles. The molecule has 1 N–H and O–H groups in total. The molecule has 29 heavy (non-hydrogen) atoms. The molecule has 6 nitrogen and oxygen atoms in total. The summed E-state index contributed by atoms with van der Waals surface area (Å²) in [5, 5.41) is 6.01. The van der Waals surface area contributed by atoms with E-state index < -0.39 is 0 Å². The van der Waals surface area contributed by atoms with Gasteiger partial charge in [-0.05, 0) is 37.0 Å². The number of rotatable bonds is 8. The van der Waals surface area contributed by atoms with Crippen LogP contribution in [0.25, 0.3) is 21.3 Å². The van der Waals surface area contributed by atoms with Crippen molar-refractivity contribution in [3.05, 3.63) is 45.1 Å². The molecule has 2 heterocycles. The minimum atomic E-state index is -0.0903. The van der Waals surface area contributed by atoms with Gasteiger partial charge in [-0.2, -0.15) is 0 Å². The predicted molar refractivity (Wildman–Crippen MR) is 120 cm³/mol. The molecule has 0 bridgehead atoms. The Bertz CT molecular complexity index is 1090. The third-order valence-corrected chi connectivity index (χ3v) is 6.67. The summed E-state index contributed by atoms with van der Waals surface area (Å²) in [5.41, 5.74) is 4.25. The number of benzene rings is 1. The van der Waals surface area contributed by atoms with E-state index in [1.165, 1.54) is 38.8 Å². The highest BCUT2D eigenvalue weighted by Crippen LogP contribution is 2.32. The van der Waals surface area contributed by atoms with E-state index in [1.807, 2.05) is 11.4 Å². The number of hydrogen-bond acceptors (Lipinski definition) is 6. The number of aromatic nitrogens is 2. The number of carbonyl (C=O) groups excluding carboxylic acids is 1. The minimum Gasteiger partial charge on any atom is -0.385 e. The number of amides is 1. The van der Waals surface area contributed by atoms with Crippen molar-refractivity contribution < 1.29 is 9.53 Å². The summed E-state index contributed by atoms with van der Waals surface area (Å²) in [4.78, 5) is 30.4. The second-order valence-electron chi connectivity index (χ2n) is 6.87. The van der Waals surface area contributed by atoms with Crippen molar-refractivity contribution in [3.63, 3.8) is 0 Å². The van der Waals surface area contributed by atoms with E-state index in [0.29, 0.717) is 28.5 Å². The van der Waals surface area contributed by atoms with E-state index in [1.54, 1.807) is 14.2 Å². The van der Waals surface area contributed by atoms with Crippen molar-refractivity contribution in [2.75, 3.05) is 26.0 Å². The summed E-state index contributed by atoms with van der Waals surface area (Å²) in [5.74, 6) is 0.135. The van der Waals surface area contributed by atoms with Gasteiger partial charge < -0.3 is 10.1 Å². The Morgan fingerprint density at radius 3 is 2.83 bits per heavy atom. The van der Waals surface area contributed by atoms with Crippen molar-refractivity contribution in [1.29, 1.82) is 0 Å². The molecular weight excluding hydrogens is 406 g/mol. The van der Waals surface area contributed by atoms with Crippen LogP contribution in [0.5, 0.6) is 0 Å². The lowest BCUT2D eigenvalue weighted by atomic mass is 10.0. The Balaban J connectivity index is 1.82. The van der Waals surface area contributed by atoms with Crippen LogP contribution in [0.2, 0.25) is 0 Å². The number of methoxy groups -OCH3 is 1. The molecule has 0 aliphatic carbocycles. The molecule has 0 saturated carbocycles. The summed E-state index contributed by atoms with van der Waals surface area (Å²) in [6.45, 7) is 5.33. The molecule has 3 rings (SSSR count). The highest BCUT2D eigenvalue weighted by atomic mass is 32.2. The third kappa shape index (κ3) is 4.88. The molecule has 1 amide bonds. The topological polar surface area (TPSA) is 73.2 Å². The molecule has 0 fully saturated rings. The molecule has 0 aliphatic rings. The number of aryl methyl sites for hydroxylation is 2. The first-order chi connectivity index (χ1) is 13.9. The molecule has 0 saturated heterocycles. The van der Waals surface area contributed by atoms with Gasteiger partial charge in [-0.15, -0.1) is 11.3 Å². The summed E-state index contributed by atoms with van der Waals surface area (Å²) < 4.78 is 6.50. The Morgan fingerprint density at radius 1 is 1.31 bits per heavy atom. The third-order valence-electron chi connectivity index (χ3n) is 4.77. The van der Waals surface area contributed by atoms with Crippen LogP contribution >= 0.6 is 23.1 Å². The smallest absolute Gasteiger partial charge is 0.263 e. The predicted octanol–water partition coefficient (Wildman–Crippen LogP) is 3.52. The van der Waals surface area contributed by atoms with E-state index in [0.717, 1.165) is 17.5 Å². The largest absolute Gasteiger partial charge is 0.385 e. The van der Waals surface area contributed by atoms with Crippen LogP contribution < -0.4 is 10.9 Å². The van der Waals surface area contributed by atoms with Crippen molar-refractivity contribution >= 4 is 39.2 Å². The standard InChI is InChI=1S/C21H25N3O3S2/c1-13-6-7-15(10-14(13)2)16-11-28-19-18(16)20(26)24(3)21(23-19)29-12-17(25)22-8-5-9-27-4/h6-7,10-11H,5,8-9,12H2,1-4H3,(H,22,25). The van der Waals surface area contributed by atoms with Gasteiger partial charge in [-0.3, -0.25) is 14.2 Å². The Labute approximate surface area is 178 Å². The van der Waals surface area contributed by atoms with Gasteiger partial charge in [0.1, 0.15) is 4.83 Å². The first-order valence-corrected chi connectivity index (χ1v) is 11.2. The number of thiophene rings is 1. The quantitative estimate of drug-likeness (QED) is 0.336. The van der Waals surface area contributed by atoms with E-state index in [4.69, 9.17) is 4.74 Å².